The van der Waals surface area contributed by atoms with Gasteiger partial charge in [0, 0.05) is 36.4 Å². The Kier molecular flexibility index (Phi) is 5.11. The normalized spacial score (nSPS) is 12.5. The summed E-state index contributed by atoms with van der Waals surface area (Å²) in [6.07, 6.45) is 3.88. The van der Waals surface area contributed by atoms with Crippen LogP contribution in [-0.4, -0.2) is 28.2 Å². The summed E-state index contributed by atoms with van der Waals surface area (Å²) in [5, 5.41) is 4.66. The molecule has 0 aliphatic rings. The van der Waals surface area contributed by atoms with Crippen molar-refractivity contribution in [3.05, 3.63) is 54.1 Å². The monoisotopic (exact) mass is 324 g/mol. The van der Waals surface area contributed by atoms with Crippen LogP contribution in [0.25, 0.3) is 10.9 Å². The Labute approximate surface area is 142 Å². The van der Waals surface area contributed by atoms with Crippen LogP contribution >= 0.6 is 0 Å². The minimum absolute atomic E-state index is 0.511. The number of pyridine rings is 1. The van der Waals surface area contributed by atoms with Crippen molar-refractivity contribution in [1.82, 2.24) is 19.9 Å². The fraction of sp³-hybridized carbons (Fsp3) is 0.368. The quantitative estimate of drug-likeness (QED) is 0.725. The summed E-state index contributed by atoms with van der Waals surface area (Å²) in [6, 6.07) is 10.3. The molecular formula is C19H24N4O. The fourth-order valence-corrected chi connectivity index (χ4v) is 2.90. The molecule has 5 nitrogen and oxygen atoms in total. The van der Waals surface area contributed by atoms with Crippen molar-refractivity contribution in [3.8, 4) is 5.88 Å². The van der Waals surface area contributed by atoms with E-state index in [9.17, 15) is 0 Å². The van der Waals surface area contributed by atoms with Crippen LogP contribution in [0.4, 0.5) is 0 Å². The lowest BCUT2D eigenvalue weighted by Crippen LogP contribution is -2.24. The molecule has 1 N–H and O–H groups in total. The Morgan fingerprint density at radius 3 is 2.88 bits per heavy atom. The van der Waals surface area contributed by atoms with Crippen molar-refractivity contribution in [2.45, 2.75) is 26.9 Å². The van der Waals surface area contributed by atoms with Gasteiger partial charge in [0.25, 0.3) is 0 Å². The van der Waals surface area contributed by atoms with Crippen LogP contribution in [0.2, 0.25) is 0 Å². The molecule has 0 spiro atoms. The maximum atomic E-state index is 5.45. The van der Waals surface area contributed by atoms with E-state index in [4.69, 9.17) is 4.74 Å². The molecule has 1 aromatic carbocycles. The van der Waals surface area contributed by atoms with E-state index in [2.05, 4.69) is 38.9 Å². The van der Waals surface area contributed by atoms with E-state index < -0.39 is 0 Å². The molecule has 3 rings (SSSR count). The lowest BCUT2D eigenvalue weighted by atomic mass is 10.1. The van der Waals surface area contributed by atoms with Gasteiger partial charge in [0.15, 0.2) is 0 Å². The maximum absolute atomic E-state index is 5.45. The van der Waals surface area contributed by atoms with Crippen molar-refractivity contribution in [3.63, 3.8) is 0 Å². The smallest absolute Gasteiger partial charge is 0.218 e. The summed E-state index contributed by atoms with van der Waals surface area (Å²) in [6.45, 7) is 6.90. The van der Waals surface area contributed by atoms with E-state index in [1.165, 1.54) is 0 Å². The number of imidazole rings is 1. The van der Waals surface area contributed by atoms with Gasteiger partial charge in [0.05, 0.1) is 12.6 Å². The van der Waals surface area contributed by atoms with E-state index in [1.54, 1.807) is 7.11 Å². The van der Waals surface area contributed by atoms with Crippen molar-refractivity contribution >= 4 is 10.9 Å². The molecule has 3 aromatic rings. The second-order valence-corrected chi connectivity index (χ2v) is 6.21. The van der Waals surface area contributed by atoms with Gasteiger partial charge >= 0.3 is 0 Å². The van der Waals surface area contributed by atoms with E-state index in [0.717, 1.165) is 41.9 Å². The molecule has 0 aliphatic heterocycles. The number of hydrogen-bond donors (Lipinski definition) is 1. The van der Waals surface area contributed by atoms with Gasteiger partial charge in [0.1, 0.15) is 5.82 Å². The van der Waals surface area contributed by atoms with Gasteiger partial charge in [-0.15, -0.1) is 0 Å². The predicted octanol–water partition coefficient (Wildman–Crippen LogP) is 3.17. The minimum atomic E-state index is 0.511. The Balaban J connectivity index is 1.61. The number of hydrogen-bond acceptors (Lipinski definition) is 4. The summed E-state index contributed by atoms with van der Waals surface area (Å²) in [5.41, 5.74) is 2.05. The zero-order valence-corrected chi connectivity index (χ0v) is 14.5. The summed E-state index contributed by atoms with van der Waals surface area (Å²) in [5.74, 6) is 2.26. The van der Waals surface area contributed by atoms with Gasteiger partial charge in [-0.1, -0.05) is 25.1 Å². The van der Waals surface area contributed by atoms with Gasteiger partial charge in [0.2, 0.25) is 5.88 Å². The van der Waals surface area contributed by atoms with Crippen LogP contribution in [0.15, 0.2) is 42.7 Å². The second-order valence-electron chi connectivity index (χ2n) is 6.21. The van der Waals surface area contributed by atoms with Gasteiger partial charge < -0.3 is 14.6 Å². The van der Waals surface area contributed by atoms with Crippen molar-refractivity contribution in [2.75, 3.05) is 13.7 Å². The third-order valence-corrected chi connectivity index (χ3v) is 4.20. The van der Waals surface area contributed by atoms with Gasteiger partial charge in [-0.2, -0.15) is 0 Å². The fourth-order valence-electron chi connectivity index (χ4n) is 2.90. The molecule has 0 amide bonds. The Morgan fingerprint density at radius 2 is 2.12 bits per heavy atom. The molecule has 126 valence electrons. The summed E-state index contributed by atoms with van der Waals surface area (Å²) >= 11 is 0. The SMILES string of the molecule is COc1nc2ccccc2cc1CNCC(C)Cn1ccnc1C. The summed E-state index contributed by atoms with van der Waals surface area (Å²) < 4.78 is 7.63. The number of aryl methyl sites for hydroxylation is 1. The number of aromatic nitrogens is 3. The first kappa shape index (κ1) is 16.5. The van der Waals surface area contributed by atoms with Gasteiger partial charge in [-0.3, -0.25) is 0 Å². The van der Waals surface area contributed by atoms with Gasteiger partial charge in [-0.05, 0) is 31.5 Å². The Hall–Kier alpha value is -2.40. The number of nitrogens with one attached hydrogen (secondary N) is 1. The topological polar surface area (TPSA) is 52.0 Å². The third kappa shape index (κ3) is 3.74. The molecule has 0 saturated heterocycles. The number of fused-ring (bicyclic) bond motifs is 1. The highest BCUT2D eigenvalue weighted by molar-refractivity contribution is 5.80. The first-order valence-electron chi connectivity index (χ1n) is 8.28. The maximum Gasteiger partial charge on any atom is 0.218 e. The minimum Gasteiger partial charge on any atom is -0.481 e. The summed E-state index contributed by atoms with van der Waals surface area (Å²) in [4.78, 5) is 8.86. The molecule has 2 heterocycles. The number of nitrogens with zero attached hydrogens (tertiary/aromatic N) is 3. The number of para-hydroxylation sites is 1. The van der Waals surface area contributed by atoms with Crippen LogP contribution in [-0.2, 0) is 13.1 Å². The van der Waals surface area contributed by atoms with Crippen molar-refractivity contribution in [2.24, 2.45) is 5.92 Å². The molecule has 0 fully saturated rings. The Morgan fingerprint density at radius 1 is 1.29 bits per heavy atom. The zero-order valence-electron chi connectivity index (χ0n) is 14.5. The first-order chi connectivity index (χ1) is 11.7. The Bertz CT molecular complexity index is 812. The number of rotatable bonds is 7. The highest BCUT2D eigenvalue weighted by Gasteiger charge is 2.09. The zero-order chi connectivity index (χ0) is 16.9. The lowest BCUT2D eigenvalue weighted by Gasteiger charge is -2.15. The van der Waals surface area contributed by atoms with E-state index >= 15 is 0 Å². The third-order valence-electron chi connectivity index (χ3n) is 4.20. The second kappa shape index (κ2) is 7.45. The van der Waals surface area contributed by atoms with Crippen LogP contribution in [0.3, 0.4) is 0 Å². The molecular weight excluding hydrogens is 300 g/mol. The van der Waals surface area contributed by atoms with Crippen LogP contribution in [0.5, 0.6) is 5.88 Å². The van der Waals surface area contributed by atoms with E-state index in [1.807, 2.05) is 37.5 Å². The highest BCUT2D eigenvalue weighted by atomic mass is 16.5. The first-order valence-corrected chi connectivity index (χ1v) is 8.28. The van der Waals surface area contributed by atoms with Crippen LogP contribution in [0, 0.1) is 12.8 Å². The van der Waals surface area contributed by atoms with Crippen LogP contribution < -0.4 is 10.1 Å². The molecule has 1 unspecified atom stereocenters. The van der Waals surface area contributed by atoms with E-state index in [-0.39, 0.29) is 0 Å². The van der Waals surface area contributed by atoms with E-state index in [0.29, 0.717) is 11.8 Å². The average molecular weight is 324 g/mol. The lowest BCUT2D eigenvalue weighted by molar-refractivity contribution is 0.389. The number of methoxy groups -OCH3 is 1. The largest absolute Gasteiger partial charge is 0.481 e. The highest BCUT2D eigenvalue weighted by Crippen LogP contribution is 2.21. The van der Waals surface area contributed by atoms with Gasteiger partial charge in [-0.25, -0.2) is 9.97 Å². The van der Waals surface area contributed by atoms with Crippen molar-refractivity contribution in [1.29, 1.82) is 0 Å². The molecule has 1 atom stereocenters. The predicted molar refractivity (Wildman–Crippen MR) is 96.1 cm³/mol. The molecule has 0 radical (unpaired) electrons. The number of ether oxygens (including phenoxy) is 1. The molecule has 2 aromatic heterocycles. The number of benzene rings is 1. The summed E-state index contributed by atoms with van der Waals surface area (Å²) in [7, 11) is 1.67. The molecule has 0 bridgehead atoms. The standard InChI is InChI=1S/C19H24N4O/c1-14(13-23-9-8-21-15(23)2)11-20-12-17-10-16-6-4-5-7-18(16)22-19(17)24-3/h4-10,14,20H,11-13H2,1-3H3. The molecule has 0 aliphatic carbocycles. The average Bonchev–Trinajstić information content (AvgIpc) is 2.99. The molecule has 5 heteroatoms. The van der Waals surface area contributed by atoms with Crippen molar-refractivity contribution < 1.29 is 4.74 Å². The molecule has 24 heavy (non-hydrogen) atoms. The van der Waals surface area contributed by atoms with Crippen LogP contribution in [0.1, 0.15) is 18.3 Å². The molecule has 0 saturated carbocycles.